The van der Waals surface area contributed by atoms with Crippen LogP contribution in [0.1, 0.15) is 15.9 Å². The predicted octanol–water partition coefficient (Wildman–Crippen LogP) is 2.75. The average Bonchev–Trinajstić information content (AvgIpc) is 2.09. The third kappa shape index (κ3) is 1.62. The summed E-state index contributed by atoms with van der Waals surface area (Å²) in [5.41, 5.74) is 10.1. The molecule has 0 saturated carbocycles. The topological polar surface area (TPSA) is 65.8 Å². The first kappa shape index (κ1) is 8.30. The van der Waals surface area contributed by atoms with Gasteiger partial charge in [0.15, 0.2) is 0 Å². The molecular formula is C8H7N3O. The summed E-state index contributed by atoms with van der Waals surface area (Å²) in [4.78, 5) is 13.0. The maximum atomic E-state index is 10.3. The number of hydrogen-bond donors (Lipinski definition) is 0. The maximum absolute atomic E-state index is 10.3. The van der Waals surface area contributed by atoms with Crippen molar-refractivity contribution in [2.24, 2.45) is 5.11 Å². The zero-order chi connectivity index (χ0) is 8.97. The van der Waals surface area contributed by atoms with Crippen LogP contribution in [-0.2, 0) is 0 Å². The third-order valence-corrected chi connectivity index (χ3v) is 1.51. The fourth-order valence-electron chi connectivity index (χ4n) is 0.912. The van der Waals surface area contributed by atoms with Crippen molar-refractivity contribution in [1.29, 1.82) is 0 Å². The molecule has 0 aromatic heterocycles. The Labute approximate surface area is 69.5 Å². The molecule has 0 heterocycles. The lowest BCUT2D eigenvalue weighted by Crippen LogP contribution is -1.80. The molecule has 4 nitrogen and oxygen atoms in total. The Morgan fingerprint density at radius 1 is 1.58 bits per heavy atom. The van der Waals surface area contributed by atoms with E-state index in [2.05, 4.69) is 10.0 Å². The van der Waals surface area contributed by atoms with E-state index in [1.54, 1.807) is 25.1 Å². The average molecular weight is 161 g/mol. The maximum Gasteiger partial charge on any atom is 0.150 e. The van der Waals surface area contributed by atoms with Crippen LogP contribution in [0.3, 0.4) is 0 Å². The van der Waals surface area contributed by atoms with Gasteiger partial charge in [0.25, 0.3) is 0 Å². The number of azide groups is 1. The summed E-state index contributed by atoms with van der Waals surface area (Å²) in [5.74, 6) is 0. The van der Waals surface area contributed by atoms with Gasteiger partial charge in [-0.2, -0.15) is 0 Å². The summed E-state index contributed by atoms with van der Waals surface area (Å²) in [7, 11) is 0. The van der Waals surface area contributed by atoms with Crippen molar-refractivity contribution >= 4 is 12.0 Å². The Kier molecular flexibility index (Phi) is 2.46. The van der Waals surface area contributed by atoms with Crippen LogP contribution in [0.5, 0.6) is 0 Å². The molecule has 1 aromatic rings. The zero-order valence-corrected chi connectivity index (χ0v) is 6.56. The molecule has 4 heteroatoms. The molecule has 0 atom stereocenters. The molecule has 0 spiro atoms. The van der Waals surface area contributed by atoms with Crippen molar-refractivity contribution in [3.8, 4) is 0 Å². The largest absolute Gasteiger partial charge is 0.298 e. The van der Waals surface area contributed by atoms with Gasteiger partial charge in [0.2, 0.25) is 0 Å². The molecule has 1 rings (SSSR count). The van der Waals surface area contributed by atoms with E-state index >= 15 is 0 Å². The molecule has 0 bridgehead atoms. The van der Waals surface area contributed by atoms with E-state index in [9.17, 15) is 4.79 Å². The van der Waals surface area contributed by atoms with Gasteiger partial charge in [-0.1, -0.05) is 17.2 Å². The van der Waals surface area contributed by atoms with Gasteiger partial charge in [-0.25, -0.2) is 0 Å². The molecule has 0 aliphatic rings. The molecule has 0 amide bonds. The molecular weight excluding hydrogens is 154 g/mol. The molecule has 0 aliphatic heterocycles. The van der Waals surface area contributed by atoms with Crippen molar-refractivity contribution < 1.29 is 4.79 Å². The smallest absolute Gasteiger partial charge is 0.150 e. The van der Waals surface area contributed by atoms with E-state index < -0.39 is 0 Å². The first-order chi connectivity index (χ1) is 5.77. The van der Waals surface area contributed by atoms with Gasteiger partial charge in [-0.05, 0) is 24.1 Å². The van der Waals surface area contributed by atoms with E-state index in [1.165, 1.54) is 0 Å². The minimum absolute atomic E-state index is 0.558. The minimum Gasteiger partial charge on any atom is -0.298 e. The van der Waals surface area contributed by atoms with Gasteiger partial charge < -0.3 is 0 Å². The van der Waals surface area contributed by atoms with Crippen LogP contribution in [0.4, 0.5) is 5.69 Å². The highest BCUT2D eigenvalue weighted by molar-refractivity contribution is 5.76. The molecule has 0 saturated heterocycles. The highest BCUT2D eigenvalue weighted by Gasteiger charge is 1.95. The second-order valence-corrected chi connectivity index (χ2v) is 2.35. The van der Waals surface area contributed by atoms with E-state index in [0.717, 1.165) is 11.8 Å². The molecule has 60 valence electrons. The van der Waals surface area contributed by atoms with Gasteiger partial charge in [0, 0.05) is 16.2 Å². The lowest BCUT2D eigenvalue weighted by Gasteiger charge is -1.97. The number of aryl methyl sites for hydroxylation is 1. The van der Waals surface area contributed by atoms with Crippen LogP contribution in [0, 0.1) is 6.92 Å². The van der Waals surface area contributed by atoms with Gasteiger partial charge in [-0.3, -0.25) is 4.79 Å². The van der Waals surface area contributed by atoms with Crippen LogP contribution >= 0.6 is 0 Å². The van der Waals surface area contributed by atoms with Gasteiger partial charge in [-0.15, -0.1) is 0 Å². The number of carbonyl (C=O) groups excluding carboxylic acids is 1. The number of carbonyl (C=O) groups is 1. The van der Waals surface area contributed by atoms with Crippen LogP contribution in [0.2, 0.25) is 0 Å². The molecule has 0 radical (unpaired) electrons. The monoisotopic (exact) mass is 161 g/mol. The third-order valence-electron chi connectivity index (χ3n) is 1.51. The lowest BCUT2D eigenvalue weighted by atomic mass is 10.1. The number of benzene rings is 1. The predicted molar refractivity (Wildman–Crippen MR) is 45.4 cm³/mol. The quantitative estimate of drug-likeness (QED) is 0.284. The Bertz CT molecular complexity index is 353. The van der Waals surface area contributed by atoms with E-state index in [1.807, 2.05) is 0 Å². The van der Waals surface area contributed by atoms with Crippen molar-refractivity contribution in [1.82, 2.24) is 0 Å². The zero-order valence-electron chi connectivity index (χ0n) is 6.56. The summed E-state index contributed by atoms with van der Waals surface area (Å²) < 4.78 is 0. The SMILES string of the molecule is Cc1cc(C=O)ccc1N=[N+]=[N-]. The van der Waals surface area contributed by atoms with E-state index in [4.69, 9.17) is 5.53 Å². The Hall–Kier alpha value is -1.80. The molecule has 0 unspecified atom stereocenters. The molecule has 0 fully saturated rings. The van der Waals surface area contributed by atoms with Gasteiger partial charge >= 0.3 is 0 Å². The van der Waals surface area contributed by atoms with Crippen LogP contribution in [0.15, 0.2) is 23.3 Å². The Balaban J connectivity index is 3.19. The van der Waals surface area contributed by atoms with Gasteiger partial charge in [0.05, 0.1) is 0 Å². The van der Waals surface area contributed by atoms with Crippen LogP contribution in [-0.4, -0.2) is 6.29 Å². The summed E-state index contributed by atoms with van der Waals surface area (Å²) in [5, 5.41) is 3.45. The minimum atomic E-state index is 0.558. The van der Waals surface area contributed by atoms with Crippen LogP contribution in [0.25, 0.3) is 10.4 Å². The summed E-state index contributed by atoms with van der Waals surface area (Å²) in [6, 6.07) is 4.92. The molecule has 1 aromatic carbocycles. The van der Waals surface area contributed by atoms with E-state index in [0.29, 0.717) is 11.3 Å². The number of nitrogens with zero attached hydrogens (tertiary/aromatic N) is 3. The highest BCUT2D eigenvalue weighted by Crippen LogP contribution is 2.18. The second-order valence-electron chi connectivity index (χ2n) is 2.35. The molecule has 0 N–H and O–H groups in total. The number of aldehydes is 1. The Morgan fingerprint density at radius 2 is 2.33 bits per heavy atom. The first-order valence-electron chi connectivity index (χ1n) is 3.39. The lowest BCUT2D eigenvalue weighted by molar-refractivity contribution is 0.112. The van der Waals surface area contributed by atoms with Crippen molar-refractivity contribution in [2.75, 3.05) is 0 Å². The second kappa shape index (κ2) is 3.55. The van der Waals surface area contributed by atoms with Crippen molar-refractivity contribution in [3.63, 3.8) is 0 Å². The first-order valence-corrected chi connectivity index (χ1v) is 3.39. The molecule has 0 aliphatic carbocycles. The standard InChI is InChI=1S/C8H7N3O/c1-6-4-7(5-12)2-3-8(6)10-11-9/h2-5H,1H3. The van der Waals surface area contributed by atoms with Crippen molar-refractivity contribution in [3.05, 3.63) is 39.8 Å². The Morgan fingerprint density at radius 3 is 2.83 bits per heavy atom. The van der Waals surface area contributed by atoms with Gasteiger partial charge in [0.1, 0.15) is 6.29 Å². The molecule has 12 heavy (non-hydrogen) atoms. The summed E-state index contributed by atoms with van der Waals surface area (Å²) in [6.07, 6.45) is 0.757. The fourth-order valence-corrected chi connectivity index (χ4v) is 0.912. The number of rotatable bonds is 2. The van der Waals surface area contributed by atoms with Crippen LogP contribution < -0.4 is 0 Å². The normalized spacial score (nSPS) is 8.75. The fraction of sp³-hybridized carbons (Fsp3) is 0.125. The highest BCUT2D eigenvalue weighted by atomic mass is 16.1. The summed E-state index contributed by atoms with van der Waals surface area (Å²) in [6.45, 7) is 1.79. The van der Waals surface area contributed by atoms with Crippen molar-refractivity contribution in [2.45, 2.75) is 6.92 Å². The number of hydrogen-bond acceptors (Lipinski definition) is 2. The summed E-state index contributed by atoms with van der Waals surface area (Å²) >= 11 is 0. The van der Waals surface area contributed by atoms with E-state index in [-0.39, 0.29) is 0 Å².